The number of carbonyl (C=O) groups excluding carboxylic acids is 1. The predicted molar refractivity (Wildman–Crippen MR) is 112 cm³/mol. The standard InChI is InChI=1S/C21H20F3N3O4S/c1-25-32(29,30)19-12-27(18-7-6-14(8-17(18)19)21(22,23)24)16-5-3-4-15(9-16)26-10-13(11-26)20(28)31-2/h3-9,12-13,25H,10-11H2,1-2H3. The van der Waals surface area contributed by atoms with Gasteiger partial charge in [-0.3, -0.25) is 4.79 Å². The van der Waals surface area contributed by atoms with Gasteiger partial charge in [-0.2, -0.15) is 13.2 Å². The highest BCUT2D eigenvalue weighted by atomic mass is 32.2. The van der Waals surface area contributed by atoms with Gasteiger partial charge in [-0.25, -0.2) is 13.1 Å². The smallest absolute Gasteiger partial charge is 0.416 e. The van der Waals surface area contributed by atoms with Crippen LogP contribution in [0.2, 0.25) is 0 Å². The molecule has 0 atom stereocenters. The summed E-state index contributed by atoms with van der Waals surface area (Å²) in [4.78, 5) is 13.3. The molecule has 32 heavy (non-hydrogen) atoms. The molecule has 170 valence electrons. The number of aromatic nitrogens is 1. The maximum atomic E-state index is 13.2. The zero-order valence-corrected chi connectivity index (χ0v) is 18.0. The Labute approximate surface area is 182 Å². The molecule has 0 unspecified atom stereocenters. The lowest BCUT2D eigenvalue weighted by molar-refractivity contribution is -0.146. The van der Waals surface area contributed by atoms with E-state index in [1.165, 1.54) is 26.4 Å². The number of methoxy groups -OCH3 is 1. The summed E-state index contributed by atoms with van der Waals surface area (Å²) in [5, 5.41) is -0.0331. The number of halogens is 3. The zero-order chi connectivity index (χ0) is 23.3. The molecule has 3 aromatic rings. The van der Waals surface area contributed by atoms with E-state index >= 15 is 0 Å². The summed E-state index contributed by atoms with van der Waals surface area (Å²) in [7, 11) is -1.47. The molecule has 1 fully saturated rings. The van der Waals surface area contributed by atoms with Gasteiger partial charge in [-0.15, -0.1) is 0 Å². The highest BCUT2D eigenvalue weighted by Gasteiger charge is 2.34. The molecule has 11 heteroatoms. The molecule has 2 heterocycles. The molecule has 1 aliphatic rings. The van der Waals surface area contributed by atoms with Crippen LogP contribution in [0.25, 0.3) is 16.6 Å². The third kappa shape index (κ3) is 3.82. The molecule has 0 bridgehead atoms. The maximum Gasteiger partial charge on any atom is 0.416 e. The quantitative estimate of drug-likeness (QED) is 0.583. The summed E-state index contributed by atoms with van der Waals surface area (Å²) in [6.07, 6.45) is -3.30. The Balaban J connectivity index is 1.79. The monoisotopic (exact) mass is 467 g/mol. The summed E-state index contributed by atoms with van der Waals surface area (Å²) in [6.45, 7) is 0.966. The first-order valence-corrected chi connectivity index (χ1v) is 11.1. The van der Waals surface area contributed by atoms with Gasteiger partial charge < -0.3 is 14.2 Å². The van der Waals surface area contributed by atoms with Gasteiger partial charge in [0.15, 0.2) is 0 Å². The second kappa shape index (κ2) is 7.82. The van der Waals surface area contributed by atoms with Crippen molar-refractivity contribution in [2.24, 2.45) is 5.92 Å². The number of anilines is 1. The van der Waals surface area contributed by atoms with Crippen LogP contribution in [-0.2, 0) is 25.7 Å². The molecular weight excluding hydrogens is 447 g/mol. The Morgan fingerprint density at radius 2 is 1.81 bits per heavy atom. The number of nitrogens with one attached hydrogen (secondary N) is 1. The van der Waals surface area contributed by atoms with E-state index in [4.69, 9.17) is 4.74 Å². The summed E-state index contributed by atoms with van der Waals surface area (Å²) in [5.74, 6) is -0.500. The topological polar surface area (TPSA) is 80.6 Å². The second-order valence-corrected chi connectivity index (χ2v) is 9.30. The maximum absolute atomic E-state index is 13.2. The van der Waals surface area contributed by atoms with Crippen LogP contribution in [0.15, 0.2) is 53.6 Å². The van der Waals surface area contributed by atoms with E-state index < -0.39 is 21.8 Å². The number of nitrogens with zero attached hydrogens (tertiary/aromatic N) is 2. The lowest BCUT2D eigenvalue weighted by Gasteiger charge is -2.39. The van der Waals surface area contributed by atoms with Crippen LogP contribution < -0.4 is 9.62 Å². The van der Waals surface area contributed by atoms with Crippen LogP contribution in [-0.4, -0.2) is 46.2 Å². The van der Waals surface area contributed by atoms with Gasteiger partial charge in [0.05, 0.1) is 24.1 Å². The lowest BCUT2D eigenvalue weighted by Crippen LogP contribution is -2.50. The number of rotatable bonds is 5. The van der Waals surface area contributed by atoms with Crippen LogP contribution in [0, 0.1) is 5.92 Å². The van der Waals surface area contributed by atoms with Crippen LogP contribution >= 0.6 is 0 Å². The Hall–Kier alpha value is -3.05. The van der Waals surface area contributed by atoms with E-state index in [0.717, 1.165) is 17.8 Å². The minimum atomic E-state index is -4.61. The molecule has 7 nitrogen and oxygen atoms in total. The first kappa shape index (κ1) is 22.2. The number of ether oxygens (including phenoxy) is 1. The number of alkyl halides is 3. The first-order chi connectivity index (χ1) is 15.0. The van der Waals surface area contributed by atoms with Crippen molar-refractivity contribution in [3.05, 3.63) is 54.2 Å². The summed E-state index contributed by atoms with van der Waals surface area (Å²) in [5.41, 5.74) is 0.763. The summed E-state index contributed by atoms with van der Waals surface area (Å²) >= 11 is 0. The zero-order valence-electron chi connectivity index (χ0n) is 17.2. The number of esters is 1. The van der Waals surface area contributed by atoms with Crippen molar-refractivity contribution in [2.75, 3.05) is 32.1 Å². The molecule has 0 saturated carbocycles. The number of hydrogen-bond acceptors (Lipinski definition) is 5. The van der Waals surface area contributed by atoms with E-state index in [1.807, 2.05) is 11.0 Å². The predicted octanol–water partition coefficient (Wildman–Crippen LogP) is 3.17. The molecule has 1 saturated heterocycles. The lowest BCUT2D eigenvalue weighted by atomic mass is 9.99. The average Bonchev–Trinajstić information content (AvgIpc) is 3.12. The van der Waals surface area contributed by atoms with Gasteiger partial charge >= 0.3 is 12.1 Å². The number of carbonyl (C=O) groups is 1. The third-order valence-corrected chi connectivity index (χ3v) is 6.98. The molecule has 1 aromatic heterocycles. The van der Waals surface area contributed by atoms with E-state index in [9.17, 15) is 26.4 Å². The summed E-state index contributed by atoms with van der Waals surface area (Å²) in [6, 6.07) is 10.2. The Bertz CT molecular complexity index is 1300. The number of fused-ring (bicyclic) bond motifs is 1. The average molecular weight is 467 g/mol. The van der Waals surface area contributed by atoms with Crippen molar-refractivity contribution in [3.8, 4) is 5.69 Å². The number of benzene rings is 2. The Kier molecular flexibility index (Phi) is 5.41. The molecule has 4 rings (SSSR count). The van der Waals surface area contributed by atoms with Crippen molar-refractivity contribution in [2.45, 2.75) is 11.1 Å². The van der Waals surface area contributed by atoms with Crippen molar-refractivity contribution in [1.29, 1.82) is 0 Å². The fraction of sp³-hybridized carbons (Fsp3) is 0.286. The van der Waals surface area contributed by atoms with Crippen molar-refractivity contribution in [3.63, 3.8) is 0 Å². The fourth-order valence-electron chi connectivity index (χ4n) is 3.76. The second-order valence-electron chi connectivity index (χ2n) is 7.45. The SMILES string of the molecule is CNS(=O)(=O)c1cn(-c2cccc(N3CC(C(=O)OC)C3)c2)c2ccc(C(F)(F)F)cc12. The third-order valence-electron chi connectivity index (χ3n) is 5.54. The molecule has 0 spiro atoms. The highest BCUT2D eigenvalue weighted by molar-refractivity contribution is 7.89. The minimum absolute atomic E-state index is 0.0331. The molecule has 0 aliphatic carbocycles. The van der Waals surface area contributed by atoms with Gasteiger partial charge in [0.1, 0.15) is 4.90 Å². The molecule has 0 radical (unpaired) electrons. The molecule has 1 N–H and O–H groups in total. The summed E-state index contributed by atoms with van der Waals surface area (Å²) < 4.78 is 73.2. The van der Waals surface area contributed by atoms with E-state index in [2.05, 4.69) is 4.72 Å². The van der Waals surface area contributed by atoms with E-state index in [-0.39, 0.29) is 22.2 Å². The van der Waals surface area contributed by atoms with Crippen molar-refractivity contribution >= 4 is 32.6 Å². The normalized spacial score (nSPS) is 15.1. The van der Waals surface area contributed by atoms with Crippen LogP contribution in [0.5, 0.6) is 0 Å². The highest BCUT2D eigenvalue weighted by Crippen LogP contribution is 2.36. The van der Waals surface area contributed by atoms with Crippen molar-refractivity contribution in [1.82, 2.24) is 9.29 Å². The Morgan fingerprint density at radius 3 is 2.44 bits per heavy atom. The fourth-order valence-corrected chi connectivity index (χ4v) is 4.68. The van der Waals surface area contributed by atoms with Gasteiger partial charge in [0.2, 0.25) is 10.0 Å². The van der Waals surface area contributed by atoms with Crippen molar-refractivity contribution < 1.29 is 31.1 Å². The van der Waals surface area contributed by atoms with Gasteiger partial charge in [0.25, 0.3) is 0 Å². The Morgan fingerprint density at radius 1 is 1.12 bits per heavy atom. The minimum Gasteiger partial charge on any atom is -0.469 e. The van der Waals surface area contributed by atoms with Gasteiger partial charge in [0, 0.05) is 36.0 Å². The number of sulfonamides is 1. The van der Waals surface area contributed by atoms with Gasteiger partial charge in [-0.1, -0.05) is 6.07 Å². The number of hydrogen-bond donors (Lipinski definition) is 1. The van der Waals surface area contributed by atoms with Gasteiger partial charge in [-0.05, 0) is 43.4 Å². The van der Waals surface area contributed by atoms with Crippen LogP contribution in [0.3, 0.4) is 0 Å². The largest absolute Gasteiger partial charge is 0.469 e. The molecule has 1 aliphatic heterocycles. The van der Waals surface area contributed by atoms with Crippen LogP contribution in [0.1, 0.15) is 5.56 Å². The molecule has 0 amide bonds. The van der Waals surface area contributed by atoms with E-state index in [1.54, 1.807) is 22.8 Å². The molecular formula is C21H20F3N3O4S. The first-order valence-electron chi connectivity index (χ1n) is 9.64. The van der Waals surface area contributed by atoms with E-state index in [0.29, 0.717) is 24.3 Å². The molecule has 2 aromatic carbocycles. The van der Waals surface area contributed by atoms with Crippen LogP contribution in [0.4, 0.5) is 18.9 Å².